The van der Waals surface area contributed by atoms with Gasteiger partial charge in [0.15, 0.2) is 0 Å². The largest absolute Gasteiger partial charge is 0.274 e. The molecule has 2 aliphatic carbocycles. The molecule has 1 fully saturated rings. The average molecular weight is 228 g/mol. The Labute approximate surface area is 97.5 Å². The Bertz CT molecular complexity index is 596. The van der Waals surface area contributed by atoms with Crippen LogP contribution in [0.25, 0.3) is 11.5 Å². The Hall–Kier alpha value is -1.98. The molecular weight excluding hydrogens is 216 g/mol. The standard InChI is InChI=1S/C11H12N6/c1-2-3-11-5-6(11)4-7-8(12-13-9(7)11)10-14-16-17-15-10/h2-3,6H,4-5H2,1H3,(H,12,13)(H,14,15,16,17)/b3-2+. The van der Waals surface area contributed by atoms with Crippen molar-refractivity contribution in [3.05, 3.63) is 23.4 Å². The monoisotopic (exact) mass is 228 g/mol. The summed E-state index contributed by atoms with van der Waals surface area (Å²) >= 11 is 0. The fourth-order valence-electron chi connectivity index (χ4n) is 3.12. The first-order valence-electron chi connectivity index (χ1n) is 5.80. The molecule has 2 atom stereocenters. The van der Waals surface area contributed by atoms with Gasteiger partial charge in [0, 0.05) is 11.0 Å². The molecule has 2 unspecified atom stereocenters. The van der Waals surface area contributed by atoms with Gasteiger partial charge in [-0.3, -0.25) is 5.10 Å². The minimum atomic E-state index is 0.197. The van der Waals surface area contributed by atoms with Crippen LogP contribution in [-0.4, -0.2) is 30.8 Å². The Balaban J connectivity index is 1.85. The van der Waals surface area contributed by atoms with Crippen molar-refractivity contribution in [1.82, 2.24) is 30.8 Å². The first kappa shape index (κ1) is 9.09. The van der Waals surface area contributed by atoms with E-state index in [1.807, 2.05) is 0 Å². The number of rotatable bonds is 2. The molecule has 2 aromatic rings. The molecule has 0 spiro atoms. The number of hydrogen-bond donors (Lipinski definition) is 2. The van der Waals surface area contributed by atoms with Gasteiger partial charge in [-0.25, -0.2) is 0 Å². The molecule has 2 heterocycles. The number of fused-ring (bicyclic) bond motifs is 3. The molecule has 2 aliphatic rings. The molecule has 0 bridgehead atoms. The van der Waals surface area contributed by atoms with Crippen molar-refractivity contribution in [3.8, 4) is 11.5 Å². The normalized spacial score (nSPS) is 29.6. The molecule has 17 heavy (non-hydrogen) atoms. The van der Waals surface area contributed by atoms with Gasteiger partial charge in [0.2, 0.25) is 5.82 Å². The van der Waals surface area contributed by atoms with Crippen molar-refractivity contribution in [1.29, 1.82) is 0 Å². The zero-order valence-corrected chi connectivity index (χ0v) is 9.44. The summed E-state index contributed by atoms with van der Waals surface area (Å²) in [5, 5.41) is 21.6. The van der Waals surface area contributed by atoms with E-state index in [0.717, 1.165) is 18.0 Å². The van der Waals surface area contributed by atoms with E-state index in [2.05, 4.69) is 49.9 Å². The van der Waals surface area contributed by atoms with E-state index in [1.165, 1.54) is 17.7 Å². The lowest BCUT2D eigenvalue weighted by Crippen LogP contribution is -2.02. The van der Waals surface area contributed by atoms with E-state index in [4.69, 9.17) is 0 Å². The van der Waals surface area contributed by atoms with Crippen LogP contribution in [0.2, 0.25) is 0 Å². The minimum Gasteiger partial charge on any atom is -0.274 e. The summed E-state index contributed by atoms with van der Waals surface area (Å²) in [6.45, 7) is 2.06. The maximum Gasteiger partial charge on any atom is 0.222 e. The second-order valence-electron chi connectivity index (χ2n) is 4.81. The zero-order valence-electron chi connectivity index (χ0n) is 9.44. The van der Waals surface area contributed by atoms with Crippen molar-refractivity contribution in [3.63, 3.8) is 0 Å². The fraction of sp³-hybridized carbons (Fsp3) is 0.455. The number of allylic oxidation sites excluding steroid dienone is 2. The van der Waals surface area contributed by atoms with Gasteiger partial charge in [0.1, 0.15) is 5.69 Å². The molecule has 0 radical (unpaired) electrons. The second kappa shape index (κ2) is 2.82. The predicted octanol–water partition coefficient (Wildman–Crippen LogP) is 0.980. The molecule has 0 aromatic carbocycles. The van der Waals surface area contributed by atoms with Crippen LogP contribution in [0.15, 0.2) is 12.2 Å². The van der Waals surface area contributed by atoms with Crippen LogP contribution in [-0.2, 0) is 11.8 Å². The molecule has 2 N–H and O–H groups in total. The molecule has 6 heteroatoms. The number of H-pyrrole nitrogens is 2. The topological polar surface area (TPSA) is 83.1 Å². The fourth-order valence-corrected chi connectivity index (χ4v) is 3.12. The van der Waals surface area contributed by atoms with Crippen LogP contribution >= 0.6 is 0 Å². The first-order valence-corrected chi connectivity index (χ1v) is 5.80. The predicted molar refractivity (Wildman–Crippen MR) is 60.1 cm³/mol. The van der Waals surface area contributed by atoms with Crippen molar-refractivity contribution >= 4 is 0 Å². The summed E-state index contributed by atoms with van der Waals surface area (Å²) in [5.74, 6) is 1.33. The maximum atomic E-state index is 4.47. The number of nitrogens with one attached hydrogen (secondary N) is 2. The molecule has 1 saturated carbocycles. The van der Waals surface area contributed by atoms with E-state index in [1.54, 1.807) is 0 Å². The summed E-state index contributed by atoms with van der Waals surface area (Å²) in [5.41, 5.74) is 3.56. The van der Waals surface area contributed by atoms with Crippen molar-refractivity contribution in [2.75, 3.05) is 0 Å². The number of hydrogen-bond acceptors (Lipinski definition) is 4. The summed E-state index contributed by atoms with van der Waals surface area (Å²) in [6, 6.07) is 0. The minimum absolute atomic E-state index is 0.197. The Morgan fingerprint density at radius 1 is 1.41 bits per heavy atom. The van der Waals surface area contributed by atoms with E-state index in [0.29, 0.717) is 5.82 Å². The molecule has 6 nitrogen and oxygen atoms in total. The highest BCUT2D eigenvalue weighted by Crippen LogP contribution is 2.63. The van der Waals surface area contributed by atoms with Crippen LogP contribution in [0.5, 0.6) is 0 Å². The van der Waals surface area contributed by atoms with Crippen molar-refractivity contribution in [2.24, 2.45) is 5.92 Å². The van der Waals surface area contributed by atoms with Gasteiger partial charge in [-0.2, -0.15) is 10.3 Å². The van der Waals surface area contributed by atoms with Gasteiger partial charge in [-0.05, 0) is 30.9 Å². The van der Waals surface area contributed by atoms with Gasteiger partial charge >= 0.3 is 0 Å². The van der Waals surface area contributed by atoms with Crippen LogP contribution in [0, 0.1) is 5.92 Å². The summed E-state index contributed by atoms with van der Waals surface area (Å²) in [7, 11) is 0. The van der Waals surface area contributed by atoms with Gasteiger partial charge in [0.05, 0.1) is 5.69 Å². The highest BCUT2D eigenvalue weighted by atomic mass is 15.5. The molecule has 0 amide bonds. The average Bonchev–Trinajstić information content (AvgIpc) is 2.79. The van der Waals surface area contributed by atoms with Gasteiger partial charge in [-0.15, -0.1) is 10.2 Å². The number of aromatic nitrogens is 6. The Kier molecular flexibility index (Phi) is 1.51. The zero-order chi connectivity index (χ0) is 11.5. The highest BCUT2D eigenvalue weighted by Gasteiger charge is 2.60. The smallest absolute Gasteiger partial charge is 0.222 e. The van der Waals surface area contributed by atoms with E-state index in [-0.39, 0.29) is 5.41 Å². The third kappa shape index (κ3) is 0.999. The number of aromatic amines is 2. The third-order valence-electron chi connectivity index (χ3n) is 3.94. The van der Waals surface area contributed by atoms with E-state index >= 15 is 0 Å². The number of nitrogens with zero attached hydrogens (tertiary/aromatic N) is 4. The van der Waals surface area contributed by atoms with Crippen LogP contribution in [0.4, 0.5) is 0 Å². The molecule has 4 rings (SSSR count). The second-order valence-corrected chi connectivity index (χ2v) is 4.81. The summed E-state index contributed by atoms with van der Waals surface area (Å²) in [6.07, 6.45) is 6.70. The van der Waals surface area contributed by atoms with Crippen LogP contribution < -0.4 is 0 Å². The van der Waals surface area contributed by atoms with Gasteiger partial charge < -0.3 is 0 Å². The lowest BCUT2D eigenvalue weighted by molar-refractivity contribution is 0.752. The van der Waals surface area contributed by atoms with Crippen LogP contribution in [0.1, 0.15) is 24.6 Å². The summed E-state index contributed by atoms with van der Waals surface area (Å²) in [4.78, 5) is 0. The lowest BCUT2D eigenvalue weighted by atomic mass is 10.0. The van der Waals surface area contributed by atoms with Gasteiger partial charge in [0.25, 0.3) is 0 Å². The van der Waals surface area contributed by atoms with E-state index in [9.17, 15) is 0 Å². The SMILES string of the molecule is C/C=C/C12CC1Cc1c2n[nH]c1-c1nn[nH]n1. The van der Waals surface area contributed by atoms with Gasteiger partial charge in [-0.1, -0.05) is 12.2 Å². The van der Waals surface area contributed by atoms with Crippen LogP contribution in [0.3, 0.4) is 0 Å². The molecule has 0 saturated heterocycles. The first-order chi connectivity index (χ1) is 8.35. The van der Waals surface area contributed by atoms with E-state index < -0.39 is 0 Å². The quantitative estimate of drug-likeness (QED) is 0.750. The Morgan fingerprint density at radius 3 is 3.12 bits per heavy atom. The summed E-state index contributed by atoms with van der Waals surface area (Å²) < 4.78 is 0. The molecule has 0 aliphatic heterocycles. The van der Waals surface area contributed by atoms with Crippen molar-refractivity contribution in [2.45, 2.75) is 25.2 Å². The molecular formula is C11H12N6. The Morgan fingerprint density at radius 2 is 2.35 bits per heavy atom. The third-order valence-corrected chi connectivity index (χ3v) is 3.94. The molecule has 86 valence electrons. The number of tetrazole rings is 1. The molecule has 2 aromatic heterocycles. The lowest BCUT2D eigenvalue weighted by Gasteiger charge is -2.03. The maximum absolute atomic E-state index is 4.47. The van der Waals surface area contributed by atoms with Crippen molar-refractivity contribution < 1.29 is 0 Å². The highest BCUT2D eigenvalue weighted by molar-refractivity contribution is 5.62.